The molecule has 4 rings (SSSR count). The lowest BCUT2D eigenvalue weighted by molar-refractivity contribution is -0.112. The molecule has 6 heteroatoms. The van der Waals surface area contributed by atoms with E-state index in [0.717, 1.165) is 70.9 Å². The summed E-state index contributed by atoms with van der Waals surface area (Å²) in [5.74, 6) is -0.424. The molecule has 0 spiro atoms. The number of para-hydroxylation sites is 1. The van der Waals surface area contributed by atoms with Gasteiger partial charge in [-0.3, -0.25) is 4.79 Å². The Morgan fingerprint density at radius 1 is 1.21 bits per heavy atom. The molecule has 5 nitrogen and oxygen atoms in total. The highest BCUT2D eigenvalue weighted by molar-refractivity contribution is 7.15. The van der Waals surface area contributed by atoms with Gasteiger partial charge < -0.3 is 9.88 Å². The summed E-state index contributed by atoms with van der Waals surface area (Å²) in [6.45, 7) is 5.99. The van der Waals surface area contributed by atoms with E-state index in [-0.39, 0.29) is 5.57 Å². The first-order valence-corrected chi connectivity index (χ1v) is 12.0. The van der Waals surface area contributed by atoms with Crippen LogP contribution in [0.2, 0.25) is 0 Å². The van der Waals surface area contributed by atoms with E-state index in [1.807, 2.05) is 51.1 Å². The third kappa shape index (κ3) is 4.23. The number of aromatic nitrogens is 1. The summed E-state index contributed by atoms with van der Waals surface area (Å²) in [6.07, 6.45) is 6.70. The molecule has 0 atom stereocenters. The van der Waals surface area contributed by atoms with Gasteiger partial charge in [-0.05, 0) is 80.9 Å². The molecule has 0 aliphatic heterocycles. The van der Waals surface area contributed by atoms with Crippen molar-refractivity contribution in [1.29, 1.82) is 10.5 Å². The van der Waals surface area contributed by atoms with Crippen molar-refractivity contribution in [2.24, 2.45) is 0 Å². The predicted molar refractivity (Wildman–Crippen MR) is 133 cm³/mol. The van der Waals surface area contributed by atoms with Crippen molar-refractivity contribution in [2.45, 2.75) is 52.9 Å². The molecule has 0 saturated carbocycles. The maximum absolute atomic E-state index is 12.9. The Bertz CT molecular complexity index is 1340. The van der Waals surface area contributed by atoms with Gasteiger partial charge in [-0.1, -0.05) is 25.1 Å². The molecule has 0 unspecified atom stereocenters. The fourth-order valence-corrected chi connectivity index (χ4v) is 5.97. The molecular formula is C27H26N4OS. The molecule has 3 aromatic rings. The number of carbonyl (C=O) groups is 1. The van der Waals surface area contributed by atoms with E-state index < -0.39 is 5.91 Å². The SMILES string of the molecule is CCc1ccccc1NC(=O)/C(C#N)=C\c1cc(C)n(-c2sc3c(c2C#N)CCCC3)c1C. The second kappa shape index (κ2) is 9.48. The number of rotatable bonds is 5. The Morgan fingerprint density at radius 2 is 1.97 bits per heavy atom. The Kier molecular flexibility index (Phi) is 6.49. The van der Waals surface area contributed by atoms with Gasteiger partial charge in [0.1, 0.15) is 22.7 Å². The number of amides is 1. The number of thiophene rings is 1. The number of nitriles is 2. The van der Waals surface area contributed by atoms with Crippen molar-refractivity contribution in [1.82, 2.24) is 4.57 Å². The van der Waals surface area contributed by atoms with Crippen LogP contribution in [0.25, 0.3) is 11.1 Å². The Balaban J connectivity index is 1.71. The zero-order chi connectivity index (χ0) is 23.5. The summed E-state index contributed by atoms with van der Waals surface area (Å²) in [4.78, 5) is 14.2. The monoisotopic (exact) mass is 454 g/mol. The van der Waals surface area contributed by atoms with Gasteiger partial charge in [-0.2, -0.15) is 10.5 Å². The minimum absolute atomic E-state index is 0.0483. The van der Waals surface area contributed by atoms with Crippen molar-refractivity contribution in [3.63, 3.8) is 0 Å². The van der Waals surface area contributed by atoms with Crippen LogP contribution in [0.5, 0.6) is 0 Å². The molecule has 1 amide bonds. The highest BCUT2D eigenvalue weighted by Crippen LogP contribution is 2.38. The Labute approximate surface area is 198 Å². The molecule has 2 heterocycles. The third-order valence-corrected chi connectivity index (χ3v) is 7.53. The van der Waals surface area contributed by atoms with Crippen LogP contribution in [0.15, 0.2) is 35.9 Å². The average molecular weight is 455 g/mol. The zero-order valence-corrected chi connectivity index (χ0v) is 20.0. The topological polar surface area (TPSA) is 81.6 Å². The van der Waals surface area contributed by atoms with E-state index in [1.54, 1.807) is 17.4 Å². The Hall–Kier alpha value is -3.61. The fraction of sp³-hybridized carbons (Fsp3) is 0.296. The maximum Gasteiger partial charge on any atom is 0.266 e. The van der Waals surface area contributed by atoms with Crippen LogP contribution < -0.4 is 5.32 Å². The first-order chi connectivity index (χ1) is 16.0. The molecule has 1 aliphatic rings. The maximum atomic E-state index is 12.9. The quantitative estimate of drug-likeness (QED) is 0.378. The van der Waals surface area contributed by atoms with Crippen LogP contribution in [-0.2, 0) is 24.1 Å². The highest BCUT2D eigenvalue weighted by Gasteiger charge is 2.24. The van der Waals surface area contributed by atoms with E-state index >= 15 is 0 Å². The van der Waals surface area contributed by atoms with Gasteiger partial charge >= 0.3 is 0 Å². The van der Waals surface area contributed by atoms with Crippen LogP contribution >= 0.6 is 11.3 Å². The fourth-order valence-electron chi connectivity index (χ4n) is 4.51. The lowest BCUT2D eigenvalue weighted by Crippen LogP contribution is -2.14. The van der Waals surface area contributed by atoms with Crippen molar-refractivity contribution >= 4 is 29.0 Å². The first kappa shape index (κ1) is 22.6. The average Bonchev–Trinajstić information content (AvgIpc) is 3.32. The molecular weight excluding hydrogens is 428 g/mol. The van der Waals surface area contributed by atoms with E-state index in [0.29, 0.717) is 0 Å². The summed E-state index contributed by atoms with van der Waals surface area (Å²) < 4.78 is 2.09. The largest absolute Gasteiger partial charge is 0.321 e. The van der Waals surface area contributed by atoms with Crippen molar-refractivity contribution in [3.05, 3.63) is 74.4 Å². The number of carbonyl (C=O) groups excluding carboxylic acids is 1. The van der Waals surface area contributed by atoms with Gasteiger partial charge in [0.2, 0.25) is 0 Å². The molecule has 0 saturated heterocycles. The van der Waals surface area contributed by atoms with Crippen molar-refractivity contribution in [2.75, 3.05) is 5.32 Å². The van der Waals surface area contributed by atoms with E-state index in [9.17, 15) is 15.3 Å². The zero-order valence-electron chi connectivity index (χ0n) is 19.2. The molecule has 0 bridgehead atoms. The molecule has 1 N–H and O–H groups in total. The molecule has 0 fully saturated rings. The van der Waals surface area contributed by atoms with Crippen LogP contribution in [0.1, 0.15) is 58.3 Å². The summed E-state index contributed by atoms with van der Waals surface area (Å²) in [6, 6.07) is 14.1. The van der Waals surface area contributed by atoms with Gasteiger partial charge in [0.05, 0.1) is 5.56 Å². The summed E-state index contributed by atoms with van der Waals surface area (Å²) in [7, 11) is 0. The first-order valence-electron chi connectivity index (χ1n) is 11.2. The Morgan fingerprint density at radius 3 is 2.70 bits per heavy atom. The lowest BCUT2D eigenvalue weighted by Gasteiger charge is -2.10. The number of fused-ring (bicyclic) bond motifs is 1. The van der Waals surface area contributed by atoms with E-state index in [4.69, 9.17) is 0 Å². The number of nitrogens with one attached hydrogen (secondary N) is 1. The van der Waals surface area contributed by atoms with E-state index in [2.05, 4.69) is 22.0 Å². The summed E-state index contributed by atoms with van der Waals surface area (Å²) >= 11 is 1.69. The van der Waals surface area contributed by atoms with Crippen LogP contribution in [0.3, 0.4) is 0 Å². The van der Waals surface area contributed by atoms with Gasteiger partial charge in [-0.15, -0.1) is 11.3 Å². The predicted octanol–water partition coefficient (Wildman–Crippen LogP) is 6.01. The lowest BCUT2D eigenvalue weighted by atomic mass is 9.96. The summed E-state index contributed by atoms with van der Waals surface area (Å²) in [5, 5.41) is 23.4. The number of nitrogens with zero attached hydrogens (tertiary/aromatic N) is 3. The van der Waals surface area contributed by atoms with Crippen molar-refractivity contribution in [3.8, 4) is 17.1 Å². The van der Waals surface area contributed by atoms with Gasteiger partial charge in [0.25, 0.3) is 5.91 Å². The summed E-state index contributed by atoms with van der Waals surface area (Å²) in [5.41, 5.74) is 6.44. The minimum atomic E-state index is -0.424. The van der Waals surface area contributed by atoms with E-state index in [1.165, 1.54) is 10.4 Å². The number of hydrogen-bond donors (Lipinski definition) is 1. The number of anilines is 1. The van der Waals surface area contributed by atoms with Crippen LogP contribution in [0, 0.1) is 36.5 Å². The molecule has 0 radical (unpaired) electrons. The molecule has 1 aliphatic carbocycles. The van der Waals surface area contributed by atoms with Crippen molar-refractivity contribution < 1.29 is 4.79 Å². The molecule has 33 heavy (non-hydrogen) atoms. The van der Waals surface area contributed by atoms with Gasteiger partial charge in [0, 0.05) is 22.0 Å². The normalized spacial score (nSPS) is 13.2. The minimum Gasteiger partial charge on any atom is -0.321 e. The standard InChI is InChI=1S/C27H26N4OS/c1-4-19-9-5-7-11-24(19)30-26(32)21(15-28)14-20-13-17(2)31(18(20)3)27-23(16-29)22-10-6-8-12-25(22)33-27/h5,7,9,11,13-14H,4,6,8,10,12H2,1-3H3,(H,30,32)/b21-14-. The van der Waals surface area contributed by atoms with Gasteiger partial charge in [0.15, 0.2) is 0 Å². The number of hydrogen-bond acceptors (Lipinski definition) is 4. The second-order valence-electron chi connectivity index (χ2n) is 8.30. The molecule has 166 valence electrons. The second-order valence-corrected chi connectivity index (χ2v) is 9.38. The smallest absolute Gasteiger partial charge is 0.266 e. The number of aryl methyl sites for hydroxylation is 3. The van der Waals surface area contributed by atoms with Crippen LogP contribution in [-0.4, -0.2) is 10.5 Å². The van der Waals surface area contributed by atoms with Gasteiger partial charge in [-0.25, -0.2) is 0 Å². The molecule has 1 aromatic carbocycles. The third-order valence-electron chi connectivity index (χ3n) is 6.25. The van der Waals surface area contributed by atoms with Crippen LogP contribution in [0.4, 0.5) is 5.69 Å². The highest BCUT2D eigenvalue weighted by atomic mass is 32.1. The molecule has 2 aromatic heterocycles. The number of benzene rings is 1.